The third-order valence-electron chi connectivity index (χ3n) is 1.12. The monoisotopic (exact) mass is 140 g/mol. The summed E-state index contributed by atoms with van der Waals surface area (Å²) in [6.07, 6.45) is 0. The van der Waals surface area contributed by atoms with E-state index in [4.69, 9.17) is 5.73 Å². The van der Waals surface area contributed by atoms with Crippen molar-refractivity contribution in [2.24, 2.45) is 0 Å². The number of aromatic nitrogens is 1. The zero-order valence-electron chi connectivity index (χ0n) is 5.13. The number of nitrogens with zero attached hydrogens (tertiary/aromatic N) is 1. The summed E-state index contributed by atoms with van der Waals surface area (Å²) in [7, 11) is 0. The van der Waals surface area contributed by atoms with Gasteiger partial charge in [-0.1, -0.05) is 6.07 Å². The van der Waals surface area contributed by atoms with Crippen molar-refractivity contribution < 1.29 is 0 Å². The molecule has 0 amide bonds. The lowest BCUT2D eigenvalue weighted by molar-refractivity contribution is 1.13. The molecular weight excluding hydrogens is 132 g/mol. The van der Waals surface area contributed by atoms with Gasteiger partial charge < -0.3 is 5.73 Å². The number of nitrogen functional groups attached to an aromatic ring is 1. The first kappa shape index (κ1) is 6.42. The smallest absolute Gasteiger partial charge is 0.127 e. The van der Waals surface area contributed by atoms with E-state index in [1.54, 1.807) is 0 Å². The van der Waals surface area contributed by atoms with Crippen LogP contribution in [0.25, 0.3) is 0 Å². The van der Waals surface area contributed by atoms with E-state index in [1.165, 1.54) is 0 Å². The van der Waals surface area contributed by atoms with E-state index in [-0.39, 0.29) is 0 Å². The average molecular weight is 140 g/mol. The third kappa shape index (κ3) is 1.36. The summed E-state index contributed by atoms with van der Waals surface area (Å²) in [5.41, 5.74) is 6.45. The van der Waals surface area contributed by atoms with Gasteiger partial charge in [0.05, 0.1) is 5.03 Å². The number of thiol groups is 1. The van der Waals surface area contributed by atoms with Crippen molar-refractivity contribution >= 4 is 18.4 Å². The van der Waals surface area contributed by atoms with Crippen molar-refractivity contribution in [2.75, 3.05) is 5.73 Å². The number of hydrogen-bond donors (Lipinski definition) is 2. The zero-order chi connectivity index (χ0) is 6.85. The number of pyridine rings is 1. The molecule has 0 saturated heterocycles. The van der Waals surface area contributed by atoms with Gasteiger partial charge in [-0.2, -0.15) is 0 Å². The quantitative estimate of drug-likeness (QED) is 0.532. The van der Waals surface area contributed by atoms with Crippen LogP contribution in [0.4, 0.5) is 5.82 Å². The van der Waals surface area contributed by atoms with E-state index in [0.717, 1.165) is 5.56 Å². The SMILES string of the molecule is Cc1ccc(S)nc1N. The van der Waals surface area contributed by atoms with Gasteiger partial charge >= 0.3 is 0 Å². The summed E-state index contributed by atoms with van der Waals surface area (Å²) in [5, 5.41) is 0.665. The maximum atomic E-state index is 5.46. The van der Waals surface area contributed by atoms with Gasteiger partial charge in [-0.15, -0.1) is 12.6 Å². The lowest BCUT2D eigenvalue weighted by Crippen LogP contribution is -1.92. The van der Waals surface area contributed by atoms with Crippen LogP contribution in [-0.2, 0) is 0 Å². The molecular formula is C6H8N2S. The van der Waals surface area contributed by atoms with Crippen molar-refractivity contribution in [1.29, 1.82) is 0 Å². The summed E-state index contributed by atoms with van der Waals surface area (Å²) in [6, 6.07) is 3.71. The minimum absolute atomic E-state index is 0.558. The first-order valence-corrected chi connectivity index (χ1v) is 3.07. The highest BCUT2D eigenvalue weighted by Crippen LogP contribution is 2.09. The summed E-state index contributed by atoms with van der Waals surface area (Å²) in [5.74, 6) is 0.558. The van der Waals surface area contributed by atoms with Crippen molar-refractivity contribution in [3.8, 4) is 0 Å². The highest BCUT2D eigenvalue weighted by Gasteiger charge is 1.92. The summed E-state index contributed by atoms with van der Waals surface area (Å²) < 4.78 is 0. The van der Waals surface area contributed by atoms with Crippen molar-refractivity contribution in [2.45, 2.75) is 11.9 Å². The second-order valence-electron chi connectivity index (χ2n) is 1.87. The molecule has 0 unspecified atom stereocenters. The Morgan fingerprint density at radius 1 is 1.56 bits per heavy atom. The third-order valence-corrected chi connectivity index (χ3v) is 1.37. The standard InChI is InChI=1S/C6H8N2S/c1-4-2-3-5(9)8-6(4)7/h2-3H,1H3,(H3,7,8,9). The Morgan fingerprint density at radius 2 is 2.22 bits per heavy atom. The summed E-state index contributed by atoms with van der Waals surface area (Å²) in [6.45, 7) is 1.91. The second kappa shape index (κ2) is 2.27. The molecule has 0 aliphatic heterocycles. The Bertz CT molecular complexity index is 222. The van der Waals surface area contributed by atoms with Crippen LogP contribution >= 0.6 is 12.6 Å². The molecule has 1 rings (SSSR count). The Hall–Kier alpha value is -0.700. The van der Waals surface area contributed by atoms with Crippen LogP contribution in [0, 0.1) is 6.92 Å². The predicted molar refractivity (Wildman–Crippen MR) is 40.6 cm³/mol. The van der Waals surface area contributed by atoms with Crippen LogP contribution in [0.2, 0.25) is 0 Å². The number of aryl methyl sites for hydroxylation is 1. The summed E-state index contributed by atoms with van der Waals surface area (Å²) in [4.78, 5) is 3.92. The lowest BCUT2D eigenvalue weighted by atomic mass is 10.3. The van der Waals surface area contributed by atoms with Gasteiger partial charge in [0.25, 0.3) is 0 Å². The molecule has 1 heterocycles. The van der Waals surface area contributed by atoms with Crippen LogP contribution in [0.15, 0.2) is 17.2 Å². The second-order valence-corrected chi connectivity index (χ2v) is 2.33. The molecule has 0 radical (unpaired) electrons. The topological polar surface area (TPSA) is 38.9 Å². The maximum Gasteiger partial charge on any atom is 0.127 e. The molecule has 0 aromatic carbocycles. The van der Waals surface area contributed by atoms with Crippen molar-refractivity contribution in [1.82, 2.24) is 4.98 Å². The number of rotatable bonds is 0. The van der Waals surface area contributed by atoms with Gasteiger partial charge in [-0.3, -0.25) is 0 Å². The highest BCUT2D eigenvalue weighted by molar-refractivity contribution is 7.80. The fourth-order valence-electron chi connectivity index (χ4n) is 0.534. The maximum absolute atomic E-state index is 5.46. The molecule has 48 valence electrons. The van der Waals surface area contributed by atoms with Gasteiger partial charge in [-0.05, 0) is 18.6 Å². The molecule has 0 saturated carbocycles. The Labute approximate surface area is 59.5 Å². The molecule has 1 aromatic rings. The minimum atomic E-state index is 0.558. The minimum Gasteiger partial charge on any atom is -0.383 e. The molecule has 3 heteroatoms. The molecule has 2 nitrogen and oxygen atoms in total. The Balaban J connectivity index is 3.17. The summed E-state index contributed by atoms with van der Waals surface area (Å²) >= 11 is 4.01. The number of anilines is 1. The van der Waals surface area contributed by atoms with Gasteiger partial charge in [0.2, 0.25) is 0 Å². The van der Waals surface area contributed by atoms with Crippen LogP contribution < -0.4 is 5.73 Å². The molecule has 2 N–H and O–H groups in total. The zero-order valence-corrected chi connectivity index (χ0v) is 6.02. The van der Waals surface area contributed by atoms with Gasteiger partial charge in [-0.25, -0.2) is 4.98 Å². The fourth-order valence-corrected chi connectivity index (χ4v) is 0.716. The van der Waals surface area contributed by atoms with Crippen LogP contribution in [0.3, 0.4) is 0 Å². The lowest BCUT2D eigenvalue weighted by Gasteiger charge is -1.96. The first-order chi connectivity index (χ1) is 4.20. The van der Waals surface area contributed by atoms with Gasteiger partial charge in [0.1, 0.15) is 5.82 Å². The van der Waals surface area contributed by atoms with E-state index in [1.807, 2.05) is 19.1 Å². The Morgan fingerprint density at radius 3 is 2.67 bits per heavy atom. The molecule has 0 atom stereocenters. The Kier molecular flexibility index (Phi) is 1.62. The number of nitrogens with two attached hydrogens (primary N) is 1. The van der Waals surface area contributed by atoms with E-state index in [2.05, 4.69) is 17.6 Å². The van der Waals surface area contributed by atoms with Crippen LogP contribution in [-0.4, -0.2) is 4.98 Å². The molecule has 0 fully saturated rings. The normalized spacial score (nSPS) is 9.56. The molecule has 0 spiro atoms. The molecule has 0 aliphatic carbocycles. The first-order valence-electron chi connectivity index (χ1n) is 2.62. The van der Waals surface area contributed by atoms with Crippen LogP contribution in [0.5, 0.6) is 0 Å². The molecule has 0 aliphatic rings. The van der Waals surface area contributed by atoms with E-state index < -0.39 is 0 Å². The van der Waals surface area contributed by atoms with Gasteiger partial charge in [0.15, 0.2) is 0 Å². The van der Waals surface area contributed by atoms with Crippen molar-refractivity contribution in [3.05, 3.63) is 17.7 Å². The average Bonchev–Trinajstić information content (AvgIpc) is 1.80. The molecule has 0 bridgehead atoms. The van der Waals surface area contributed by atoms with E-state index in [9.17, 15) is 0 Å². The van der Waals surface area contributed by atoms with E-state index in [0.29, 0.717) is 10.8 Å². The van der Waals surface area contributed by atoms with Gasteiger partial charge in [0, 0.05) is 0 Å². The predicted octanol–water partition coefficient (Wildman–Crippen LogP) is 1.26. The number of hydrogen-bond acceptors (Lipinski definition) is 3. The van der Waals surface area contributed by atoms with Crippen molar-refractivity contribution in [3.63, 3.8) is 0 Å². The van der Waals surface area contributed by atoms with Crippen LogP contribution in [0.1, 0.15) is 5.56 Å². The molecule has 1 aromatic heterocycles. The fraction of sp³-hybridized carbons (Fsp3) is 0.167. The molecule has 9 heavy (non-hydrogen) atoms. The van der Waals surface area contributed by atoms with E-state index >= 15 is 0 Å². The highest BCUT2D eigenvalue weighted by atomic mass is 32.1. The largest absolute Gasteiger partial charge is 0.383 e.